The molecule has 1 aliphatic heterocycles. The first-order valence-electron chi connectivity index (χ1n) is 6.46. The normalized spacial score (nSPS) is 17.5. The van der Waals surface area contributed by atoms with Gasteiger partial charge in [-0.15, -0.1) is 11.3 Å². The summed E-state index contributed by atoms with van der Waals surface area (Å²) in [6.45, 7) is 4.83. The van der Waals surface area contributed by atoms with E-state index in [1.165, 1.54) is 5.56 Å². The first kappa shape index (κ1) is 12.4. The molecule has 1 aliphatic rings. The zero-order chi connectivity index (χ0) is 13.9. The van der Waals surface area contributed by atoms with E-state index in [1.54, 1.807) is 17.7 Å². The van der Waals surface area contributed by atoms with Crippen LogP contribution in [0.2, 0.25) is 0 Å². The zero-order valence-electron chi connectivity index (χ0n) is 11.2. The number of ether oxygens (including phenoxy) is 1. The van der Waals surface area contributed by atoms with Crippen LogP contribution in [-0.4, -0.2) is 20.6 Å². The van der Waals surface area contributed by atoms with Crippen molar-refractivity contribution in [3.8, 4) is 0 Å². The average molecular weight is 303 g/mol. The third-order valence-electron chi connectivity index (χ3n) is 3.65. The Bertz CT molecular complexity index is 894. The average Bonchev–Trinajstić information content (AvgIpc) is 2.75. The fraction of sp³-hybridized carbons (Fsp3) is 0.357. The second kappa shape index (κ2) is 4.07. The quantitative estimate of drug-likeness (QED) is 0.643. The number of hydrogen-bond acceptors (Lipinski definition) is 5. The predicted molar refractivity (Wildman–Crippen MR) is 82.7 cm³/mol. The summed E-state index contributed by atoms with van der Waals surface area (Å²) >= 11 is 6.90. The highest BCUT2D eigenvalue weighted by atomic mass is 32.1. The van der Waals surface area contributed by atoms with Crippen LogP contribution in [0, 0.1) is 4.64 Å². The third-order valence-corrected chi connectivity index (χ3v) is 5.19. The molecule has 6 heteroatoms. The van der Waals surface area contributed by atoms with Gasteiger partial charge in [0.25, 0.3) is 0 Å². The van der Waals surface area contributed by atoms with Gasteiger partial charge in [0.1, 0.15) is 9.47 Å². The summed E-state index contributed by atoms with van der Waals surface area (Å²) in [7, 11) is 0. The van der Waals surface area contributed by atoms with E-state index >= 15 is 0 Å². The van der Waals surface area contributed by atoms with E-state index in [9.17, 15) is 0 Å². The van der Waals surface area contributed by atoms with Gasteiger partial charge in [-0.2, -0.15) is 0 Å². The van der Waals surface area contributed by atoms with E-state index in [2.05, 4.69) is 29.9 Å². The molecule has 0 fully saturated rings. The van der Waals surface area contributed by atoms with Crippen LogP contribution in [0.5, 0.6) is 0 Å². The van der Waals surface area contributed by atoms with Crippen molar-refractivity contribution in [2.75, 3.05) is 0 Å². The van der Waals surface area contributed by atoms with Crippen molar-refractivity contribution in [3.05, 3.63) is 28.3 Å². The van der Waals surface area contributed by atoms with Crippen molar-refractivity contribution in [2.45, 2.75) is 32.5 Å². The highest BCUT2D eigenvalue weighted by molar-refractivity contribution is 7.71. The predicted octanol–water partition coefficient (Wildman–Crippen LogP) is 3.75. The van der Waals surface area contributed by atoms with Gasteiger partial charge in [-0.05, 0) is 19.9 Å². The van der Waals surface area contributed by atoms with Gasteiger partial charge in [-0.25, -0.2) is 9.97 Å². The molecule has 0 atom stereocenters. The molecular weight excluding hydrogens is 290 g/mol. The van der Waals surface area contributed by atoms with E-state index in [0.717, 1.165) is 32.5 Å². The largest absolute Gasteiger partial charge is 0.370 e. The number of thiophene rings is 1. The van der Waals surface area contributed by atoms with Gasteiger partial charge in [-0.3, -0.25) is 0 Å². The second-order valence-electron chi connectivity index (χ2n) is 5.69. The molecule has 3 aromatic rings. The van der Waals surface area contributed by atoms with E-state index < -0.39 is 0 Å². The topological polar surface area (TPSA) is 50.8 Å². The first-order chi connectivity index (χ1) is 9.53. The Morgan fingerprint density at radius 3 is 3.15 bits per heavy atom. The summed E-state index contributed by atoms with van der Waals surface area (Å²) in [6, 6.07) is 2.18. The van der Waals surface area contributed by atoms with Gasteiger partial charge < -0.3 is 9.72 Å². The number of rotatable bonds is 0. The molecule has 0 unspecified atom stereocenters. The van der Waals surface area contributed by atoms with Crippen LogP contribution in [-0.2, 0) is 17.8 Å². The first-order valence-corrected chi connectivity index (χ1v) is 7.69. The van der Waals surface area contributed by atoms with Gasteiger partial charge in [-0.1, -0.05) is 12.2 Å². The lowest BCUT2D eigenvalue weighted by Gasteiger charge is -2.30. The van der Waals surface area contributed by atoms with Crippen LogP contribution in [0.4, 0.5) is 0 Å². The highest BCUT2D eigenvalue weighted by Gasteiger charge is 2.27. The Labute approximate surface area is 124 Å². The summed E-state index contributed by atoms with van der Waals surface area (Å²) in [5.41, 5.74) is 3.21. The SMILES string of the molecule is CC1(C)Cc2nc3sc4c(=S)nc[nH]c4c3cc2CO1. The number of fused-ring (bicyclic) bond motifs is 4. The van der Waals surface area contributed by atoms with Crippen molar-refractivity contribution in [3.63, 3.8) is 0 Å². The van der Waals surface area contributed by atoms with E-state index in [4.69, 9.17) is 21.9 Å². The van der Waals surface area contributed by atoms with E-state index in [1.807, 2.05) is 0 Å². The summed E-state index contributed by atoms with van der Waals surface area (Å²) in [5, 5.41) is 1.11. The van der Waals surface area contributed by atoms with Crippen molar-refractivity contribution in [1.82, 2.24) is 15.0 Å². The molecule has 102 valence electrons. The number of aromatic nitrogens is 3. The number of H-pyrrole nitrogens is 1. The maximum Gasteiger partial charge on any atom is 0.147 e. The molecule has 4 rings (SSSR count). The minimum Gasteiger partial charge on any atom is -0.370 e. The Morgan fingerprint density at radius 1 is 1.45 bits per heavy atom. The van der Waals surface area contributed by atoms with Gasteiger partial charge in [0, 0.05) is 17.4 Å². The van der Waals surface area contributed by atoms with E-state index in [0.29, 0.717) is 11.2 Å². The minimum absolute atomic E-state index is 0.138. The molecule has 1 N–H and O–H groups in total. The minimum atomic E-state index is -0.138. The number of pyridine rings is 1. The highest BCUT2D eigenvalue weighted by Crippen LogP contribution is 2.35. The molecule has 0 radical (unpaired) electrons. The van der Waals surface area contributed by atoms with Crippen LogP contribution >= 0.6 is 23.6 Å². The van der Waals surface area contributed by atoms with Crippen molar-refractivity contribution < 1.29 is 4.74 Å². The Hall–Kier alpha value is -1.37. The van der Waals surface area contributed by atoms with Gasteiger partial charge >= 0.3 is 0 Å². The number of hydrogen-bond donors (Lipinski definition) is 1. The van der Waals surface area contributed by atoms with Crippen LogP contribution in [0.15, 0.2) is 12.4 Å². The third kappa shape index (κ3) is 1.79. The van der Waals surface area contributed by atoms with Crippen molar-refractivity contribution in [1.29, 1.82) is 0 Å². The Kier molecular flexibility index (Phi) is 2.52. The summed E-state index contributed by atoms with van der Waals surface area (Å²) in [6.07, 6.45) is 2.49. The van der Waals surface area contributed by atoms with Gasteiger partial charge in [0.05, 0.1) is 34.4 Å². The fourth-order valence-electron chi connectivity index (χ4n) is 2.61. The van der Waals surface area contributed by atoms with Crippen LogP contribution in [0.25, 0.3) is 20.4 Å². The molecule has 4 heterocycles. The maximum atomic E-state index is 5.87. The molecule has 0 spiro atoms. The summed E-state index contributed by atoms with van der Waals surface area (Å²) < 4.78 is 7.52. The van der Waals surface area contributed by atoms with Crippen LogP contribution < -0.4 is 0 Å². The van der Waals surface area contributed by atoms with Gasteiger partial charge in [0.2, 0.25) is 0 Å². The molecule has 0 amide bonds. The lowest BCUT2D eigenvalue weighted by atomic mass is 9.95. The molecule has 0 bridgehead atoms. The van der Waals surface area contributed by atoms with Crippen LogP contribution in [0.1, 0.15) is 25.1 Å². The number of nitrogens with one attached hydrogen (secondary N) is 1. The molecule has 20 heavy (non-hydrogen) atoms. The molecule has 0 aromatic carbocycles. The summed E-state index contributed by atoms with van der Waals surface area (Å²) in [4.78, 5) is 13.2. The lowest BCUT2D eigenvalue weighted by molar-refractivity contribution is -0.0411. The van der Waals surface area contributed by atoms with Crippen molar-refractivity contribution >= 4 is 44.0 Å². The monoisotopic (exact) mass is 303 g/mol. The molecule has 0 aliphatic carbocycles. The number of aromatic amines is 1. The lowest BCUT2D eigenvalue weighted by Crippen LogP contribution is -2.32. The smallest absolute Gasteiger partial charge is 0.147 e. The Balaban J connectivity index is 2.04. The van der Waals surface area contributed by atoms with E-state index in [-0.39, 0.29) is 5.60 Å². The fourth-order valence-corrected chi connectivity index (χ4v) is 3.93. The molecule has 4 nitrogen and oxygen atoms in total. The zero-order valence-corrected chi connectivity index (χ0v) is 12.8. The van der Waals surface area contributed by atoms with Crippen LogP contribution in [0.3, 0.4) is 0 Å². The van der Waals surface area contributed by atoms with Crippen molar-refractivity contribution in [2.24, 2.45) is 0 Å². The summed E-state index contributed by atoms with van der Waals surface area (Å²) in [5.74, 6) is 0. The molecule has 0 saturated carbocycles. The standard InChI is InChI=1S/C14H13N3OS2/c1-14(2)4-9-7(5-18-14)3-8-10-11(20-13(8)17-9)12(19)16-6-15-10/h3,6H,4-5H2,1-2H3,(H,15,16,19). The van der Waals surface area contributed by atoms with Gasteiger partial charge in [0.15, 0.2) is 0 Å². The molecule has 3 aromatic heterocycles. The Morgan fingerprint density at radius 2 is 2.30 bits per heavy atom. The maximum absolute atomic E-state index is 5.87. The molecular formula is C14H13N3OS2. The second-order valence-corrected chi connectivity index (χ2v) is 7.07. The molecule has 0 saturated heterocycles. The number of nitrogens with zero attached hydrogens (tertiary/aromatic N) is 2.